The molecule has 14 nitrogen and oxygen atoms in total. The number of phenolic OH excluding ortho intramolecular Hbond substituents is 1. The first-order chi connectivity index (χ1) is 26.2. The van der Waals surface area contributed by atoms with Gasteiger partial charge in [0.05, 0.1) is 39.5 Å². The summed E-state index contributed by atoms with van der Waals surface area (Å²) in [7, 11) is 2.87. The molecule has 0 unspecified atom stereocenters. The molecule has 1 aliphatic carbocycles. The number of aryl methyl sites for hydroxylation is 1. The summed E-state index contributed by atoms with van der Waals surface area (Å²) in [4.78, 5) is 52.8. The van der Waals surface area contributed by atoms with Gasteiger partial charge < -0.3 is 33.5 Å². The van der Waals surface area contributed by atoms with Crippen molar-refractivity contribution in [2.75, 3.05) is 34.2 Å². The number of hydrogen-bond acceptors (Lipinski definition) is 12. The molecule has 4 aromatic rings. The Balaban J connectivity index is 1.16. The minimum Gasteiger partial charge on any atom is -0.502 e. The van der Waals surface area contributed by atoms with Crippen molar-refractivity contribution < 1.29 is 47.5 Å². The van der Waals surface area contributed by atoms with Gasteiger partial charge >= 0.3 is 17.6 Å². The number of aromatic amines is 1. The molecule has 0 saturated carbocycles. The Hall–Kier alpha value is -5.83. The second-order valence-corrected chi connectivity index (χ2v) is 13.5. The van der Waals surface area contributed by atoms with Gasteiger partial charge in [0.1, 0.15) is 6.04 Å². The van der Waals surface area contributed by atoms with Crippen LogP contribution in [0.4, 0.5) is 4.39 Å². The third kappa shape index (κ3) is 7.23. The minimum absolute atomic E-state index is 0.0260. The maximum absolute atomic E-state index is 13.9. The molecule has 1 saturated heterocycles. The van der Waals surface area contributed by atoms with Crippen LogP contribution in [0.1, 0.15) is 53.5 Å². The molecule has 7 rings (SSSR count). The molecule has 0 spiro atoms. The average molecular weight is 746 g/mol. The van der Waals surface area contributed by atoms with Crippen molar-refractivity contribution >= 4 is 11.9 Å². The van der Waals surface area contributed by atoms with Crippen molar-refractivity contribution in [1.29, 1.82) is 0 Å². The van der Waals surface area contributed by atoms with Crippen LogP contribution < -0.4 is 35.5 Å². The number of halogens is 1. The van der Waals surface area contributed by atoms with Gasteiger partial charge in [-0.05, 0) is 72.2 Å². The highest BCUT2D eigenvalue weighted by Crippen LogP contribution is 2.55. The molecule has 1 aromatic heterocycles. The molecule has 0 bridgehead atoms. The molecule has 3 aromatic carbocycles. The first-order valence-electron chi connectivity index (χ1n) is 17.7. The Labute approximate surface area is 308 Å². The van der Waals surface area contributed by atoms with E-state index in [9.17, 15) is 28.7 Å². The predicted octanol–water partition coefficient (Wildman–Crippen LogP) is 3.72. The SMILES string of the molecule is COc1cc([C@@H]2c3cc4c(cc3[C@@H](N[C@@H](Cc3ccccc3)C(=O)OCCCCCn3cc(F)c(=O)[nH]c3=O)[C@H]3COC(=O)[C@H]23)OCO4)cc(OC)c1O. The lowest BCUT2D eigenvalue weighted by molar-refractivity contribution is -0.146. The average Bonchev–Trinajstić information content (AvgIpc) is 3.80. The number of cyclic esters (lactones) is 1. The number of esters is 2. The van der Waals surface area contributed by atoms with E-state index >= 15 is 0 Å². The zero-order valence-corrected chi connectivity index (χ0v) is 29.7. The number of methoxy groups -OCH3 is 2. The van der Waals surface area contributed by atoms with E-state index < -0.39 is 58.8 Å². The Morgan fingerprint density at radius 3 is 2.39 bits per heavy atom. The van der Waals surface area contributed by atoms with E-state index in [0.717, 1.165) is 27.5 Å². The maximum atomic E-state index is 13.9. The first-order valence-corrected chi connectivity index (χ1v) is 17.7. The van der Waals surface area contributed by atoms with Crippen LogP contribution in [0.15, 0.2) is 70.4 Å². The standard InChI is InChI=1S/C39H40FN3O11/c1-49-30-14-22(15-31(50-2)35(30)44)32-23-16-28-29(54-20-53-28)17-24(23)34(25-19-52-38(47)33(25)32)41-27(13-21-9-5-3-6-10-21)37(46)51-12-8-4-7-11-43-18-26(40)36(45)42-39(43)48/h3,5-6,9-10,14-18,25,27,32-34,41,44H,4,7-8,11-13,19-20H2,1-2H3,(H,42,45,48)/t25-,27-,32+,33-,34+/m0/s1. The molecule has 3 aliphatic rings. The van der Waals surface area contributed by atoms with Gasteiger partial charge in [-0.1, -0.05) is 30.3 Å². The zero-order chi connectivity index (χ0) is 37.9. The zero-order valence-electron chi connectivity index (χ0n) is 29.7. The summed E-state index contributed by atoms with van der Waals surface area (Å²) in [5, 5.41) is 14.3. The summed E-state index contributed by atoms with van der Waals surface area (Å²) in [6, 6.07) is 15.2. The first kappa shape index (κ1) is 36.5. The molecule has 15 heteroatoms. The fourth-order valence-corrected chi connectivity index (χ4v) is 7.63. The van der Waals surface area contributed by atoms with Gasteiger partial charge in [0.25, 0.3) is 5.56 Å². The van der Waals surface area contributed by atoms with E-state index in [1.54, 1.807) is 12.1 Å². The highest BCUT2D eigenvalue weighted by molar-refractivity contribution is 5.80. The van der Waals surface area contributed by atoms with Gasteiger partial charge in [-0.3, -0.25) is 29.3 Å². The lowest BCUT2D eigenvalue weighted by Crippen LogP contribution is -2.48. The Morgan fingerprint density at radius 2 is 1.69 bits per heavy atom. The molecule has 284 valence electrons. The lowest BCUT2D eigenvalue weighted by atomic mass is 9.65. The van der Waals surface area contributed by atoms with Crippen molar-refractivity contribution in [2.24, 2.45) is 11.8 Å². The number of phenols is 1. The van der Waals surface area contributed by atoms with Crippen LogP contribution in [0.25, 0.3) is 0 Å². The Bertz CT molecular complexity index is 2130. The molecule has 3 heterocycles. The van der Waals surface area contributed by atoms with Crippen LogP contribution in [0.5, 0.6) is 28.7 Å². The number of aromatic hydroxyl groups is 1. The molecular weight excluding hydrogens is 705 g/mol. The molecule has 0 radical (unpaired) electrons. The number of H-pyrrole nitrogens is 1. The number of nitrogens with zero attached hydrogens (tertiary/aromatic N) is 1. The highest BCUT2D eigenvalue weighted by Gasteiger charge is 2.53. The normalized spacial score (nSPS) is 20.1. The number of benzene rings is 3. The Kier molecular flexibility index (Phi) is 10.6. The highest BCUT2D eigenvalue weighted by atomic mass is 19.1. The van der Waals surface area contributed by atoms with Crippen LogP contribution in [0.3, 0.4) is 0 Å². The summed E-state index contributed by atoms with van der Waals surface area (Å²) in [6.07, 6.45) is 2.71. The molecule has 5 atom stereocenters. The van der Waals surface area contributed by atoms with Crippen molar-refractivity contribution in [3.8, 4) is 28.7 Å². The van der Waals surface area contributed by atoms with Crippen molar-refractivity contribution in [1.82, 2.24) is 14.9 Å². The molecule has 1 fully saturated rings. The summed E-state index contributed by atoms with van der Waals surface area (Å²) in [6.45, 7) is 0.401. The molecule has 2 aliphatic heterocycles. The van der Waals surface area contributed by atoms with Crippen LogP contribution >= 0.6 is 0 Å². The number of nitrogens with one attached hydrogen (secondary N) is 2. The monoisotopic (exact) mass is 745 g/mol. The third-order valence-electron chi connectivity index (χ3n) is 10.3. The second kappa shape index (κ2) is 15.6. The predicted molar refractivity (Wildman–Crippen MR) is 189 cm³/mol. The van der Waals surface area contributed by atoms with Gasteiger partial charge in [-0.15, -0.1) is 0 Å². The van der Waals surface area contributed by atoms with E-state index in [1.807, 2.05) is 47.4 Å². The topological polar surface area (TPSA) is 177 Å². The van der Waals surface area contributed by atoms with E-state index in [1.165, 1.54) is 14.2 Å². The molecule has 0 amide bonds. The van der Waals surface area contributed by atoms with E-state index in [-0.39, 0.29) is 43.8 Å². The number of carbonyl (C=O) groups is 2. The van der Waals surface area contributed by atoms with Gasteiger partial charge in [-0.2, -0.15) is 4.39 Å². The summed E-state index contributed by atoms with van der Waals surface area (Å²) < 4.78 is 48.8. The largest absolute Gasteiger partial charge is 0.502 e. The molecular formula is C39H40FN3O11. The van der Waals surface area contributed by atoms with Crippen LogP contribution in [-0.4, -0.2) is 66.9 Å². The molecule has 3 N–H and O–H groups in total. The maximum Gasteiger partial charge on any atom is 0.328 e. The number of rotatable bonds is 14. The van der Waals surface area contributed by atoms with Gasteiger partial charge in [-0.25, -0.2) is 4.79 Å². The number of hydrogen-bond donors (Lipinski definition) is 3. The fraction of sp³-hybridized carbons (Fsp3) is 0.385. The number of unbranched alkanes of at least 4 members (excludes halogenated alkanes) is 2. The summed E-state index contributed by atoms with van der Waals surface area (Å²) in [5.41, 5.74) is 1.33. The van der Waals surface area contributed by atoms with Crippen LogP contribution in [-0.2, 0) is 32.0 Å². The third-order valence-corrected chi connectivity index (χ3v) is 10.3. The van der Waals surface area contributed by atoms with E-state index in [0.29, 0.717) is 42.7 Å². The van der Waals surface area contributed by atoms with Crippen LogP contribution in [0.2, 0.25) is 0 Å². The fourth-order valence-electron chi connectivity index (χ4n) is 7.63. The van der Waals surface area contributed by atoms with E-state index in [2.05, 4.69) is 5.32 Å². The number of aromatic nitrogens is 2. The van der Waals surface area contributed by atoms with Crippen molar-refractivity contribution in [3.05, 3.63) is 110 Å². The molecule has 54 heavy (non-hydrogen) atoms. The summed E-state index contributed by atoms with van der Waals surface area (Å²) in [5.74, 6) is -2.37. The van der Waals surface area contributed by atoms with Crippen molar-refractivity contribution in [3.63, 3.8) is 0 Å². The summed E-state index contributed by atoms with van der Waals surface area (Å²) >= 11 is 0. The van der Waals surface area contributed by atoms with Crippen molar-refractivity contribution in [2.45, 2.75) is 50.2 Å². The Morgan fingerprint density at radius 1 is 0.981 bits per heavy atom. The van der Waals surface area contributed by atoms with Gasteiger partial charge in [0.2, 0.25) is 18.4 Å². The number of carbonyl (C=O) groups excluding carboxylic acids is 2. The lowest BCUT2D eigenvalue weighted by Gasteiger charge is -2.40. The number of ether oxygens (including phenoxy) is 6. The smallest absolute Gasteiger partial charge is 0.328 e. The number of fused-ring (bicyclic) bond motifs is 3. The quantitative estimate of drug-likeness (QED) is 0.126. The van der Waals surface area contributed by atoms with E-state index in [4.69, 9.17) is 28.4 Å². The second-order valence-electron chi connectivity index (χ2n) is 13.5. The van der Waals surface area contributed by atoms with Gasteiger partial charge in [0.15, 0.2) is 23.0 Å². The minimum atomic E-state index is -1.06. The van der Waals surface area contributed by atoms with Crippen LogP contribution in [0, 0.1) is 17.7 Å². The van der Waals surface area contributed by atoms with Gasteiger partial charge in [0, 0.05) is 24.4 Å².